The zero-order chi connectivity index (χ0) is 20.0. The minimum absolute atomic E-state index is 0.210. The molecule has 0 radical (unpaired) electrons. The largest absolute Gasteiger partial charge is 0.495 e. The van der Waals surface area contributed by atoms with Gasteiger partial charge < -0.3 is 15.0 Å². The summed E-state index contributed by atoms with van der Waals surface area (Å²) in [6.07, 6.45) is 3.37. The van der Waals surface area contributed by atoms with Crippen molar-refractivity contribution in [3.05, 3.63) is 52.3 Å². The van der Waals surface area contributed by atoms with E-state index in [2.05, 4.69) is 17.2 Å². The van der Waals surface area contributed by atoms with Crippen molar-refractivity contribution in [1.29, 1.82) is 0 Å². The van der Waals surface area contributed by atoms with Gasteiger partial charge in [0.1, 0.15) is 11.4 Å². The van der Waals surface area contributed by atoms with E-state index < -0.39 is 0 Å². The summed E-state index contributed by atoms with van der Waals surface area (Å²) >= 11 is 6.10. The Balaban J connectivity index is 2.21. The van der Waals surface area contributed by atoms with Crippen LogP contribution in [0.1, 0.15) is 46.2 Å². The van der Waals surface area contributed by atoms with Crippen LogP contribution in [0.15, 0.2) is 30.5 Å². The average molecular weight is 390 g/mol. The van der Waals surface area contributed by atoms with Crippen molar-refractivity contribution in [2.75, 3.05) is 26.0 Å². The second-order valence-electron chi connectivity index (χ2n) is 6.27. The molecule has 1 aromatic heterocycles. The molecule has 2 amide bonds. The minimum atomic E-state index is -0.359. The van der Waals surface area contributed by atoms with Crippen LogP contribution in [0.5, 0.6) is 5.75 Å². The molecule has 0 saturated carbocycles. The van der Waals surface area contributed by atoms with Gasteiger partial charge in [0.25, 0.3) is 11.8 Å². The van der Waals surface area contributed by atoms with Crippen LogP contribution in [0.2, 0.25) is 5.02 Å². The van der Waals surface area contributed by atoms with E-state index in [1.54, 1.807) is 30.1 Å². The van der Waals surface area contributed by atoms with Gasteiger partial charge in [0.2, 0.25) is 0 Å². The molecule has 27 heavy (non-hydrogen) atoms. The molecule has 0 bridgehead atoms. The first kappa shape index (κ1) is 20.7. The Labute approximate surface area is 164 Å². The highest BCUT2D eigenvalue weighted by Crippen LogP contribution is 2.31. The van der Waals surface area contributed by atoms with Gasteiger partial charge in [-0.15, -0.1) is 0 Å². The van der Waals surface area contributed by atoms with Gasteiger partial charge in [-0.05, 0) is 37.1 Å². The third kappa shape index (κ3) is 5.20. The van der Waals surface area contributed by atoms with Crippen molar-refractivity contribution in [3.8, 4) is 5.75 Å². The first-order chi connectivity index (χ1) is 12.9. The number of anilines is 1. The van der Waals surface area contributed by atoms with E-state index in [-0.39, 0.29) is 17.5 Å². The Morgan fingerprint density at radius 3 is 2.70 bits per heavy atom. The Morgan fingerprint density at radius 1 is 1.30 bits per heavy atom. The number of aryl methyl sites for hydroxylation is 1. The number of benzene rings is 1. The Kier molecular flexibility index (Phi) is 7.19. The molecule has 0 spiro atoms. The van der Waals surface area contributed by atoms with E-state index in [0.717, 1.165) is 18.4 Å². The van der Waals surface area contributed by atoms with Gasteiger partial charge in [0.15, 0.2) is 0 Å². The van der Waals surface area contributed by atoms with Crippen molar-refractivity contribution in [2.24, 2.45) is 0 Å². The van der Waals surface area contributed by atoms with Crippen molar-refractivity contribution in [1.82, 2.24) is 9.88 Å². The predicted octanol–water partition coefficient (Wildman–Crippen LogP) is 4.18. The molecule has 144 valence electrons. The third-order valence-electron chi connectivity index (χ3n) is 4.16. The Bertz CT molecular complexity index is 839. The third-order valence-corrected chi connectivity index (χ3v) is 4.57. The average Bonchev–Trinajstić information content (AvgIpc) is 2.68. The molecule has 0 aliphatic heterocycles. The maximum Gasteiger partial charge on any atom is 0.272 e. The lowest BCUT2D eigenvalue weighted by Gasteiger charge is -2.16. The molecule has 0 fully saturated rings. The number of rotatable bonds is 7. The second kappa shape index (κ2) is 9.37. The topological polar surface area (TPSA) is 71.5 Å². The normalized spacial score (nSPS) is 10.4. The Hall–Kier alpha value is -2.60. The molecule has 0 aliphatic rings. The fourth-order valence-electron chi connectivity index (χ4n) is 2.51. The highest BCUT2D eigenvalue weighted by molar-refractivity contribution is 6.31. The van der Waals surface area contributed by atoms with E-state index >= 15 is 0 Å². The molecule has 0 atom stereocenters. The number of hydrogen-bond acceptors (Lipinski definition) is 4. The number of nitrogens with one attached hydrogen (secondary N) is 1. The zero-order valence-electron chi connectivity index (χ0n) is 16.0. The van der Waals surface area contributed by atoms with Gasteiger partial charge in [-0.25, -0.2) is 0 Å². The number of nitrogens with zero attached hydrogens (tertiary/aromatic N) is 2. The van der Waals surface area contributed by atoms with Crippen LogP contribution in [0.3, 0.4) is 0 Å². The van der Waals surface area contributed by atoms with E-state index in [1.807, 2.05) is 6.92 Å². The number of unbranched alkanes of at least 4 members (excludes halogenated alkanes) is 1. The quantitative estimate of drug-likeness (QED) is 0.771. The molecule has 0 aliphatic carbocycles. The van der Waals surface area contributed by atoms with Gasteiger partial charge in [-0.2, -0.15) is 0 Å². The van der Waals surface area contributed by atoms with E-state index in [1.165, 1.54) is 19.4 Å². The molecule has 1 aromatic carbocycles. The lowest BCUT2D eigenvalue weighted by Crippen LogP contribution is -2.28. The van der Waals surface area contributed by atoms with Crippen molar-refractivity contribution in [2.45, 2.75) is 26.7 Å². The van der Waals surface area contributed by atoms with Gasteiger partial charge >= 0.3 is 0 Å². The van der Waals surface area contributed by atoms with E-state index in [0.29, 0.717) is 28.6 Å². The lowest BCUT2D eigenvalue weighted by molar-refractivity contribution is 0.0787. The molecule has 1 heterocycles. The van der Waals surface area contributed by atoms with Crippen LogP contribution in [0, 0.1) is 6.92 Å². The van der Waals surface area contributed by atoms with E-state index in [9.17, 15) is 9.59 Å². The van der Waals surface area contributed by atoms with Gasteiger partial charge in [0.05, 0.1) is 12.8 Å². The number of carbonyl (C=O) groups is 2. The molecule has 6 nitrogen and oxygen atoms in total. The van der Waals surface area contributed by atoms with Crippen LogP contribution in [-0.4, -0.2) is 42.4 Å². The number of hydrogen-bond donors (Lipinski definition) is 1. The molecule has 1 N–H and O–H groups in total. The number of halogens is 1. The number of aromatic nitrogens is 1. The maximum atomic E-state index is 12.6. The lowest BCUT2D eigenvalue weighted by atomic mass is 10.1. The van der Waals surface area contributed by atoms with Crippen molar-refractivity contribution < 1.29 is 14.3 Å². The maximum absolute atomic E-state index is 12.6. The second-order valence-corrected chi connectivity index (χ2v) is 6.67. The molecular formula is C20H24ClN3O3. The predicted molar refractivity (Wildman–Crippen MR) is 107 cm³/mol. The summed E-state index contributed by atoms with van der Waals surface area (Å²) in [5, 5.41) is 3.35. The molecular weight excluding hydrogens is 366 g/mol. The number of methoxy groups -OCH3 is 1. The Morgan fingerprint density at radius 2 is 2.04 bits per heavy atom. The number of carbonyl (C=O) groups excluding carboxylic acids is 2. The summed E-state index contributed by atoms with van der Waals surface area (Å²) in [7, 11) is 3.24. The van der Waals surface area contributed by atoms with Crippen molar-refractivity contribution in [3.63, 3.8) is 0 Å². The summed E-state index contributed by atoms with van der Waals surface area (Å²) in [6.45, 7) is 4.55. The molecule has 0 saturated heterocycles. The SMILES string of the molecule is CCCCN(C)C(=O)c1cc(C(=O)Nc2cc(C)c(Cl)cc2OC)ccn1. The van der Waals surface area contributed by atoms with E-state index in [4.69, 9.17) is 16.3 Å². The van der Waals surface area contributed by atoms with Gasteiger partial charge in [-0.1, -0.05) is 24.9 Å². The number of amides is 2. The van der Waals surface area contributed by atoms with Crippen LogP contribution in [0.4, 0.5) is 5.69 Å². The number of ether oxygens (including phenoxy) is 1. The molecule has 2 rings (SSSR count). The van der Waals surface area contributed by atoms with Crippen LogP contribution < -0.4 is 10.1 Å². The standard InChI is InChI=1S/C20H24ClN3O3/c1-5-6-9-24(3)20(26)17-11-14(7-8-22-17)19(25)23-16-10-13(2)15(21)12-18(16)27-4/h7-8,10-12H,5-6,9H2,1-4H3,(H,23,25). The first-order valence-corrected chi connectivity index (χ1v) is 9.12. The summed E-state index contributed by atoms with van der Waals surface area (Å²) in [5.41, 5.74) is 1.90. The molecule has 0 unspecified atom stereocenters. The van der Waals surface area contributed by atoms with Crippen LogP contribution >= 0.6 is 11.6 Å². The highest BCUT2D eigenvalue weighted by atomic mass is 35.5. The molecule has 7 heteroatoms. The number of pyridine rings is 1. The van der Waals surface area contributed by atoms with Gasteiger partial charge in [-0.3, -0.25) is 14.6 Å². The summed E-state index contributed by atoms with van der Waals surface area (Å²) in [5.74, 6) is -0.107. The summed E-state index contributed by atoms with van der Waals surface area (Å²) < 4.78 is 5.28. The zero-order valence-corrected chi connectivity index (χ0v) is 16.8. The smallest absolute Gasteiger partial charge is 0.272 e. The summed E-state index contributed by atoms with van der Waals surface area (Å²) in [4.78, 5) is 30.8. The monoisotopic (exact) mass is 389 g/mol. The molecule has 2 aromatic rings. The van der Waals surface area contributed by atoms with Crippen molar-refractivity contribution >= 4 is 29.1 Å². The summed E-state index contributed by atoms with van der Waals surface area (Å²) in [6, 6.07) is 6.45. The van der Waals surface area contributed by atoms with Crippen LogP contribution in [-0.2, 0) is 0 Å². The highest BCUT2D eigenvalue weighted by Gasteiger charge is 2.17. The first-order valence-electron chi connectivity index (χ1n) is 8.74. The fraction of sp³-hybridized carbons (Fsp3) is 0.350. The van der Waals surface area contributed by atoms with Crippen LogP contribution in [0.25, 0.3) is 0 Å². The minimum Gasteiger partial charge on any atom is -0.495 e. The van der Waals surface area contributed by atoms with Gasteiger partial charge in [0, 0.05) is 36.4 Å². The fourth-order valence-corrected chi connectivity index (χ4v) is 2.66.